The number of benzene rings is 2. The lowest BCUT2D eigenvalue weighted by molar-refractivity contribution is 0.0747. The Morgan fingerprint density at radius 2 is 1.44 bits per heavy atom. The van der Waals surface area contributed by atoms with Crippen LogP contribution >= 0.6 is 0 Å². The second-order valence-corrected chi connectivity index (χ2v) is 5.44. The van der Waals surface area contributed by atoms with Gasteiger partial charge in [0.15, 0.2) is 5.78 Å². The number of methoxy groups -OCH3 is 2. The molecule has 0 aromatic heterocycles. The lowest BCUT2D eigenvalue weighted by Crippen LogP contribution is -2.12. The smallest absolute Gasteiger partial charge is 0.404 e. The van der Waals surface area contributed by atoms with E-state index in [0.29, 0.717) is 29.2 Å². The molecule has 2 aromatic carbocycles. The molecule has 0 bridgehead atoms. The third kappa shape index (κ3) is 7.37. The van der Waals surface area contributed by atoms with Gasteiger partial charge in [-0.05, 0) is 48.4 Å². The quantitative estimate of drug-likeness (QED) is 0.720. The first-order valence-electron chi connectivity index (χ1n) is 8.35. The van der Waals surface area contributed by atoms with Crippen LogP contribution in [0.4, 0.5) is 4.79 Å². The van der Waals surface area contributed by atoms with Crippen molar-refractivity contribution in [2.45, 2.75) is 19.4 Å². The van der Waals surface area contributed by atoms with Crippen molar-refractivity contribution in [3.8, 4) is 11.5 Å². The maximum absolute atomic E-state index is 12.2. The molecule has 27 heavy (non-hydrogen) atoms. The van der Waals surface area contributed by atoms with Crippen LogP contribution in [0.5, 0.6) is 11.5 Å². The molecule has 0 saturated heterocycles. The van der Waals surface area contributed by atoms with Crippen molar-refractivity contribution in [3.63, 3.8) is 0 Å². The average Bonchev–Trinajstić information content (AvgIpc) is 2.71. The van der Waals surface area contributed by atoms with Gasteiger partial charge in [-0.3, -0.25) is 4.79 Å². The molecule has 1 amide bonds. The van der Waals surface area contributed by atoms with Gasteiger partial charge in [-0.2, -0.15) is 0 Å². The van der Waals surface area contributed by atoms with Crippen LogP contribution < -0.4 is 15.2 Å². The van der Waals surface area contributed by atoms with E-state index in [1.165, 1.54) is 0 Å². The van der Waals surface area contributed by atoms with E-state index in [0.717, 1.165) is 6.42 Å². The van der Waals surface area contributed by atoms with Crippen molar-refractivity contribution in [1.82, 2.24) is 0 Å². The molecular formula is C20H25NO6. The van der Waals surface area contributed by atoms with Crippen molar-refractivity contribution in [2.75, 3.05) is 20.8 Å². The summed E-state index contributed by atoms with van der Waals surface area (Å²) < 4.78 is 14.4. The molecule has 0 fully saturated rings. The first-order chi connectivity index (χ1) is 12.9. The van der Waals surface area contributed by atoms with Crippen LogP contribution in [0.2, 0.25) is 0 Å². The van der Waals surface area contributed by atoms with Crippen molar-refractivity contribution in [2.24, 2.45) is 5.73 Å². The number of nitrogens with two attached hydrogens (primary N) is 1. The molecule has 7 nitrogen and oxygen atoms in total. The molecule has 0 aliphatic carbocycles. The topological polar surface area (TPSA) is 108 Å². The molecule has 2 aromatic rings. The number of hydrogen-bond donors (Lipinski definition) is 2. The number of amides is 1. The maximum atomic E-state index is 12.2. The van der Waals surface area contributed by atoms with Gasteiger partial charge >= 0.3 is 6.09 Å². The van der Waals surface area contributed by atoms with Gasteiger partial charge in [0, 0.05) is 5.56 Å². The Labute approximate surface area is 158 Å². The lowest BCUT2D eigenvalue weighted by Gasteiger charge is -2.11. The molecule has 0 saturated carbocycles. The number of aliphatic hydroxyl groups is 1. The Balaban J connectivity index is 0.000000445. The number of primary amides is 1. The number of ketones is 1. The first kappa shape index (κ1) is 22.0. The van der Waals surface area contributed by atoms with Gasteiger partial charge < -0.3 is 25.1 Å². The van der Waals surface area contributed by atoms with Crippen molar-refractivity contribution < 1.29 is 28.9 Å². The minimum Gasteiger partial charge on any atom is -0.497 e. The molecule has 0 aliphatic heterocycles. The average molecular weight is 375 g/mol. The predicted molar refractivity (Wildman–Crippen MR) is 101 cm³/mol. The second-order valence-electron chi connectivity index (χ2n) is 5.44. The Kier molecular flexibility index (Phi) is 9.39. The zero-order chi connectivity index (χ0) is 20.2. The molecule has 146 valence electrons. The van der Waals surface area contributed by atoms with Gasteiger partial charge in [0.05, 0.1) is 20.8 Å². The SMILES string of the molecule is CCCOC(N)=O.COc1ccc(C(=O)C(O)c2ccc(OC)cc2)cc1. The summed E-state index contributed by atoms with van der Waals surface area (Å²) >= 11 is 0. The highest BCUT2D eigenvalue weighted by molar-refractivity contribution is 5.99. The Morgan fingerprint density at radius 1 is 0.963 bits per heavy atom. The van der Waals surface area contributed by atoms with Crippen LogP contribution in [0.3, 0.4) is 0 Å². The Hall–Kier alpha value is -3.06. The summed E-state index contributed by atoms with van der Waals surface area (Å²) in [6.07, 6.45) is -1.06. The molecule has 1 atom stereocenters. The van der Waals surface area contributed by atoms with Gasteiger partial charge in [-0.15, -0.1) is 0 Å². The fourth-order valence-electron chi connectivity index (χ4n) is 2.05. The summed E-state index contributed by atoms with van der Waals surface area (Å²) in [7, 11) is 3.12. The van der Waals surface area contributed by atoms with Crippen LogP contribution in [-0.2, 0) is 4.74 Å². The molecule has 0 spiro atoms. The number of ether oxygens (including phenoxy) is 3. The monoisotopic (exact) mass is 375 g/mol. The van der Waals surface area contributed by atoms with Gasteiger partial charge in [-0.1, -0.05) is 19.1 Å². The lowest BCUT2D eigenvalue weighted by atomic mass is 10.00. The molecule has 2 rings (SSSR count). The third-order valence-corrected chi connectivity index (χ3v) is 3.50. The highest BCUT2D eigenvalue weighted by Crippen LogP contribution is 2.22. The Morgan fingerprint density at radius 3 is 1.81 bits per heavy atom. The van der Waals surface area contributed by atoms with E-state index >= 15 is 0 Å². The first-order valence-corrected chi connectivity index (χ1v) is 8.35. The summed E-state index contributed by atoms with van der Waals surface area (Å²) in [5.41, 5.74) is 5.59. The standard InChI is InChI=1S/C16H16O4.C4H9NO2/c1-19-13-7-3-11(4-8-13)15(17)16(18)12-5-9-14(20-2)10-6-12;1-2-3-7-4(5)6/h3-10,15,17H,1-2H3;2-3H2,1H3,(H2,5,6). The number of carbonyl (C=O) groups excluding carboxylic acids is 2. The van der Waals surface area contributed by atoms with Crippen LogP contribution in [0.25, 0.3) is 0 Å². The number of rotatable bonds is 7. The molecule has 0 heterocycles. The van der Waals surface area contributed by atoms with E-state index in [-0.39, 0.29) is 5.78 Å². The van der Waals surface area contributed by atoms with Crippen molar-refractivity contribution >= 4 is 11.9 Å². The minimum atomic E-state index is -1.19. The van der Waals surface area contributed by atoms with Crippen molar-refractivity contribution in [1.29, 1.82) is 0 Å². The molecule has 7 heteroatoms. The minimum absolute atomic E-state index is 0.349. The third-order valence-electron chi connectivity index (χ3n) is 3.50. The summed E-state index contributed by atoms with van der Waals surface area (Å²) in [4.78, 5) is 21.9. The highest BCUT2D eigenvalue weighted by atomic mass is 16.5. The number of hydrogen-bond acceptors (Lipinski definition) is 6. The van der Waals surface area contributed by atoms with E-state index in [4.69, 9.17) is 9.47 Å². The summed E-state index contributed by atoms with van der Waals surface area (Å²) in [5.74, 6) is 0.996. The molecular weight excluding hydrogens is 350 g/mol. The van der Waals surface area contributed by atoms with Gasteiger partial charge in [0.25, 0.3) is 0 Å². The molecule has 0 aliphatic rings. The van der Waals surface area contributed by atoms with Crippen molar-refractivity contribution in [3.05, 3.63) is 59.7 Å². The highest BCUT2D eigenvalue weighted by Gasteiger charge is 2.19. The summed E-state index contributed by atoms with van der Waals surface area (Å²) in [6, 6.07) is 13.4. The molecule has 0 radical (unpaired) electrons. The molecule has 1 unspecified atom stereocenters. The fourth-order valence-corrected chi connectivity index (χ4v) is 2.05. The van der Waals surface area contributed by atoms with E-state index < -0.39 is 12.2 Å². The van der Waals surface area contributed by atoms with Gasteiger partial charge in [0.1, 0.15) is 17.6 Å². The summed E-state index contributed by atoms with van der Waals surface area (Å²) in [5, 5.41) is 10.1. The Bertz CT molecular complexity index is 712. The van der Waals surface area contributed by atoms with Crippen LogP contribution in [0.15, 0.2) is 48.5 Å². The second kappa shape index (κ2) is 11.5. The summed E-state index contributed by atoms with van der Waals surface area (Å²) in [6.45, 7) is 2.33. The van der Waals surface area contributed by atoms with Gasteiger partial charge in [-0.25, -0.2) is 4.79 Å². The number of aliphatic hydroxyl groups excluding tert-OH is 1. The zero-order valence-electron chi connectivity index (χ0n) is 15.7. The predicted octanol–water partition coefficient (Wildman–Crippen LogP) is 3.11. The van der Waals surface area contributed by atoms with Gasteiger partial charge in [0.2, 0.25) is 0 Å². The maximum Gasteiger partial charge on any atom is 0.404 e. The normalized spacial score (nSPS) is 10.8. The van der Waals surface area contributed by atoms with E-state index in [1.807, 2.05) is 6.92 Å². The molecule has 3 N–H and O–H groups in total. The number of Topliss-reactive ketones (excluding diaryl/α,β-unsaturated/α-hetero) is 1. The zero-order valence-corrected chi connectivity index (χ0v) is 15.7. The number of carbonyl (C=O) groups is 2. The van der Waals surface area contributed by atoms with E-state index in [2.05, 4.69) is 10.5 Å². The largest absolute Gasteiger partial charge is 0.497 e. The van der Waals surface area contributed by atoms with E-state index in [9.17, 15) is 14.7 Å². The van der Waals surface area contributed by atoms with Crippen LogP contribution in [0.1, 0.15) is 35.4 Å². The fraction of sp³-hybridized carbons (Fsp3) is 0.300. The van der Waals surface area contributed by atoms with Crippen LogP contribution in [0, 0.1) is 0 Å². The van der Waals surface area contributed by atoms with E-state index in [1.54, 1.807) is 62.8 Å². The van der Waals surface area contributed by atoms with Crippen LogP contribution in [-0.4, -0.2) is 37.8 Å².